The minimum absolute atomic E-state index is 0.164. The van der Waals surface area contributed by atoms with Crippen molar-refractivity contribution in [3.63, 3.8) is 0 Å². The second-order valence-electron chi connectivity index (χ2n) is 8.71. The number of likely N-dealkylation sites (tertiary alicyclic amines) is 1. The SMILES string of the molecule is O=C(Nc1cccc(C(=O)Nc2ccc(Cl)cn2)c1)NC1(CO)CCCN(Cc2ccccc2)C1. The third-order valence-corrected chi connectivity index (χ3v) is 6.16. The molecular formula is C26H28ClN5O3. The topological polar surface area (TPSA) is 107 Å². The maximum atomic E-state index is 12.8. The summed E-state index contributed by atoms with van der Waals surface area (Å²) in [5.74, 6) is 0.0114. The van der Waals surface area contributed by atoms with Gasteiger partial charge >= 0.3 is 6.03 Å². The number of nitrogens with zero attached hydrogens (tertiary/aromatic N) is 2. The van der Waals surface area contributed by atoms with Gasteiger partial charge in [-0.3, -0.25) is 9.69 Å². The zero-order chi connectivity index (χ0) is 24.7. The van der Waals surface area contributed by atoms with E-state index in [1.54, 1.807) is 36.4 Å². The molecule has 0 saturated carbocycles. The van der Waals surface area contributed by atoms with Crippen molar-refractivity contribution in [3.05, 3.63) is 89.1 Å². The maximum Gasteiger partial charge on any atom is 0.319 e. The molecular weight excluding hydrogens is 466 g/mol. The number of halogens is 1. The molecule has 1 aromatic heterocycles. The van der Waals surface area contributed by atoms with Crippen LogP contribution in [0.5, 0.6) is 0 Å². The van der Waals surface area contributed by atoms with Gasteiger partial charge in [-0.25, -0.2) is 9.78 Å². The molecule has 182 valence electrons. The molecule has 35 heavy (non-hydrogen) atoms. The van der Waals surface area contributed by atoms with Crippen LogP contribution >= 0.6 is 11.6 Å². The molecule has 1 aliphatic heterocycles. The molecule has 0 spiro atoms. The van der Waals surface area contributed by atoms with E-state index in [9.17, 15) is 14.7 Å². The normalized spacial score (nSPS) is 18.0. The minimum atomic E-state index is -0.744. The highest BCUT2D eigenvalue weighted by Crippen LogP contribution is 2.23. The highest BCUT2D eigenvalue weighted by Gasteiger charge is 2.36. The summed E-state index contributed by atoms with van der Waals surface area (Å²) in [6.45, 7) is 2.04. The summed E-state index contributed by atoms with van der Waals surface area (Å²) in [6, 6.07) is 19.6. The van der Waals surface area contributed by atoms with Crippen molar-refractivity contribution in [2.24, 2.45) is 0 Å². The van der Waals surface area contributed by atoms with Crippen LogP contribution in [-0.4, -0.2) is 52.2 Å². The van der Waals surface area contributed by atoms with Gasteiger partial charge < -0.3 is 21.1 Å². The second-order valence-corrected chi connectivity index (χ2v) is 9.15. The fourth-order valence-electron chi connectivity index (χ4n) is 4.25. The first-order chi connectivity index (χ1) is 16.9. The van der Waals surface area contributed by atoms with Crippen molar-refractivity contribution in [2.75, 3.05) is 30.3 Å². The molecule has 1 saturated heterocycles. The standard InChI is InChI=1S/C26H28ClN5O3/c27-21-10-11-23(28-15-21)30-24(34)20-8-4-9-22(14-20)29-25(35)31-26(18-33)12-5-13-32(17-26)16-19-6-2-1-3-7-19/h1-4,6-11,14-15,33H,5,12-13,16-18H2,(H,28,30,34)(H2,29,31,35). The third-order valence-electron chi connectivity index (χ3n) is 5.94. The Hall–Kier alpha value is -3.46. The lowest BCUT2D eigenvalue weighted by molar-refractivity contribution is 0.0712. The Balaban J connectivity index is 1.37. The quantitative estimate of drug-likeness (QED) is 0.396. The molecule has 9 heteroatoms. The fourth-order valence-corrected chi connectivity index (χ4v) is 4.37. The molecule has 3 amide bonds. The van der Waals surface area contributed by atoms with Gasteiger partial charge in [0.1, 0.15) is 5.82 Å². The molecule has 0 radical (unpaired) electrons. The van der Waals surface area contributed by atoms with Crippen LogP contribution in [0, 0.1) is 0 Å². The number of carbonyl (C=O) groups is 2. The Kier molecular flexibility index (Phi) is 7.97. The number of urea groups is 1. The Morgan fingerprint density at radius 3 is 2.63 bits per heavy atom. The number of pyridine rings is 1. The van der Waals surface area contributed by atoms with Crippen molar-refractivity contribution in [1.82, 2.24) is 15.2 Å². The molecule has 0 aliphatic carbocycles. The molecule has 8 nitrogen and oxygen atoms in total. The van der Waals surface area contributed by atoms with E-state index in [0.717, 1.165) is 19.5 Å². The zero-order valence-corrected chi connectivity index (χ0v) is 20.0. The van der Waals surface area contributed by atoms with Gasteiger partial charge in [0.15, 0.2) is 0 Å². The number of aliphatic hydroxyl groups is 1. The lowest BCUT2D eigenvalue weighted by Gasteiger charge is -2.42. The first-order valence-corrected chi connectivity index (χ1v) is 11.8. The van der Waals surface area contributed by atoms with E-state index in [0.29, 0.717) is 35.1 Å². The van der Waals surface area contributed by atoms with Crippen molar-refractivity contribution in [3.8, 4) is 0 Å². The smallest absolute Gasteiger partial charge is 0.319 e. The fraction of sp³-hybridized carbons (Fsp3) is 0.269. The summed E-state index contributed by atoms with van der Waals surface area (Å²) < 4.78 is 0. The van der Waals surface area contributed by atoms with Crippen LogP contribution in [0.2, 0.25) is 5.02 Å². The number of amides is 3. The summed E-state index contributed by atoms with van der Waals surface area (Å²) >= 11 is 5.83. The number of carbonyl (C=O) groups excluding carboxylic acids is 2. The van der Waals surface area contributed by atoms with E-state index >= 15 is 0 Å². The average Bonchev–Trinajstić information content (AvgIpc) is 2.86. The number of piperidine rings is 1. The highest BCUT2D eigenvalue weighted by atomic mass is 35.5. The summed E-state index contributed by atoms with van der Waals surface area (Å²) in [6.07, 6.45) is 2.99. The Bertz CT molecular complexity index is 1160. The van der Waals surface area contributed by atoms with Crippen LogP contribution in [0.4, 0.5) is 16.3 Å². The number of aliphatic hydroxyl groups excluding tert-OH is 1. The van der Waals surface area contributed by atoms with Gasteiger partial charge in [0.05, 0.1) is 17.2 Å². The number of hydrogen-bond acceptors (Lipinski definition) is 5. The molecule has 2 heterocycles. The van der Waals surface area contributed by atoms with Gasteiger partial charge in [0.2, 0.25) is 0 Å². The molecule has 3 aromatic rings. The number of hydrogen-bond donors (Lipinski definition) is 4. The van der Waals surface area contributed by atoms with E-state index in [1.165, 1.54) is 11.8 Å². The molecule has 1 aliphatic rings. The summed E-state index contributed by atoms with van der Waals surface area (Å²) in [4.78, 5) is 31.7. The average molecular weight is 494 g/mol. The molecule has 4 rings (SSSR count). The van der Waals surface area contributed by atoms with E-state index in [-0.39, 0.29) is 12.5 Å². The monoisotopic (exact) mass is 493 g/mol. The lowest BCUT2D eigenvalue weighted by Crippen LogP contribution is -2.61. The van der Waals surface area contributed by atoms with Crippen molar-refractivity contribution < 1.29 is 14.7 Å². The third kappa shape index (κ3) is 6.79. The van der Waals surface area contributed by atoms with Crippen LogP contribution in [-0.2, 0) is 6.54 Å². The second kappa shape index (κ2) is 11.3. The van der Waals surface area contributed by atoms with E-state index in [1.807, 2.05) is 18.2 Å². The largest absolute Gasteiger partial charge is 0.394 e. The van der Waals surface area contributed by atoms with Crippen molar-refractivity contribution in [1.29, 1.82) is 0 Å². The first-order valence-electron chi connectivity index (χ1n) is 11.4. The molecule has 4 N–H and O–H groups in total. The molecule has 1 fully saturated rings. The van der Waals surface area contributed by atoms with E-state index < -0.39 is 11.6 Å². The summed E-state index contributed by atoms with van der Waals surface area (Å²) in [5.41, 5.74) is 1.27. The molecule has 0 bridgehead atoms. The maximum absolute atomic E-state index is 12.8. The predicted molar refractivity (Wildman–Crippen MR) is 137 cm³/mol. The van der Waals surface area contributed by atoms with Crippen LogP contribution in [0.1, 0.15) is 28.8 Å². The van der Waals surface area contributed by atoms with Gasteiger partial charge in [-0.2, -0.15) is 0 Å². The predicted octanol–water partition coefficient (Wildman–Crippen LogP) is 4.14. The number of nitrogens with one attached hydrogen (secondary N) is 3. The van der Waals surface area contributed by atoms with Gasteiger partial charge in [-0.1, -0.05) is 48.0 Å². The number of benzene rings is 2. The van der Waals surface area contributed by atoms with Gasteiger partial charge in [0.25, 0.3) is 5.91 Å². The summed E-state index contributed by atoms with van der Waals surface area (Å²) in [7, 11) is 0. The number of anilines is 2. The molecule has 1 unspecified atom stereocenters. The Morgan fingerprint density at radius 2 is 1.89 bits per heavy atom. The van der Waals surface area contributed by atoms with Crippen molar-refractivity contribution >= 4 is 35.0 Å². The van der Waals surface area contributed by atoms with E-state index in [4.69, 9.17) is 11.6 Å². The first kappa shape index (κ1) is 24.7. The zero-order valence-electron chi connectivity index (χ0n) is 19.2. The molecule has 1 atom stereocenters. The van der Waals surface area contributed by atoms with Crippen LogP contribution in [0.15, 0.2) is 72.9 Å². The summed E-state index contributed by atoms with van der Waals surface area (Å²) in [5, 5.41) is 19.1. The van der Waals surface area contributed by atoms with Crippen LogP contribution < -0.4 is 16.0 Å². The lowest BCUT2D eigenvalue weighted by atomic mass is 9.89. The van der Waals surface area contributed by atoms with Gasteiger partial charge in [0, 0.05) is 30.5 Å². The Labute approximate surface area is 209 Å². The van der Waals surface area contributed by atoms with Gasteiger partial charge in [-0.05, 0) is 55.3 Å². The minimum Gasteiger partial charge on any atom is -0.394 e. The molecule has 2 aromatic carbocycles. The number of aromatic nitrogens is 1. The van der Waals surface area contributed by atoms with Crippen molar-refractivity contribution in [2.45, 2.75) is 24.9 Å². The van der Waals surface area contributed by atoms with Crippen LogP contribution in [0.3, 0.4) is 0 Å². The van der Waals surface area contributed by atoms with Crippen LogP contribution in [0.25, 0.3) is 0 Å². The Morgan fingerprint density at radius 1 is 1.06 bits per heavy atom. The number of rotatable bonds is 7. The highest BCUT2D eigenvalue weighted by molar-refractivity contribution is 6.30. The van der Waals surface area contributed by atoms with E-state index in [2.05, 4.69) is 38.0 Å². The van der Waals surface area contributed by atoms with Gasteiger partial charge in [-0.15, -0.1) is 0 Å².